The summed E-state index contributed by atoms with van der Waals surface area (Å²) in [6, 6.07) is 9.24. The number of carbonyl (C=O) groups is 2. The molecule has 0 bridgehead atoms. The Bertz CT molecular complexity index is 853. The number of benzene rings is 2. The maximum atomic E-state index is 13.7. The number of esters is 1. The molecule has 27 heavy (non-hydrogen) atoms. The third kappa shape index (κ3) is 4.49. The van der Waals surface area contributed by atoms with Gasteiger partial charge < -0.3 is 19.1 Å². The first kappa shape index (κ1) is 19.0. The molecular formula is C19H17ClFNO5. The largest absolute Gasteiger partial charge is 0.486 e. The first-order chi connectivity index (χ1) is 13.0. The van der Waals surface area contributed by atoms with Crippen molar-refractivity contribution in [2.24, 2.45) is 0 Å². The van der Waals surface area contributed by atoms with Crippen LogP contribution in [0.25, 0.3) is 0 Å². The number of rotatable bonds is 5. The van der Waals surface area contributed by atoms with Crippen molar-refractivity contribution in [3.63, 3.8) is 0 Å². The zero-order valence-corrected chi connectivity index (χ0v) is 15.3. The molecule has 3 rings (SSSR count). The second-order valence-electron chi connectivity index (χ2n) is 5.90. The van der Waals surface area contributed by atoms with Crippen molar-refractivity contribution in [2.45, 2.75) is 6.54 Å². The molecule has 1 aliphatic rings. The van der Waals surface area contributed by atoms with Gasteiger partial charge in [0.05, 0.1) is 5.02 Å². The van der Waals surface area contributed by atoms with E-state index in [1.54, 1.807) is 19.2 Å². The zero-order chi connectivity index (χ0) is 19.4. The molecule has 0 radical (unpaired) electrons. The summed E-state index contributed by atoms with van der Waals surface area (Å²) in [6.07, 6.45) is 0. The molecule has 0 aromatic heterocycles. The van der Waals surface area contributed by atoms with Crippen molar-refractivity contribution in [3.8, 4) is 11.5 Å². The lowest BCUT2D eigenvalue weighted by Crippen LogP contribution is -2.31. The van der Waals surface area contributed by atoms with Gasteiger partial charge in [0.25, 0.3) is 5.91 Å². The number of hydrogen-bond donors (Lipinski definition) is 0. The normalized spacial score (nSPS) is 12.4. The van der Waals surface area contributed by atoms with Gasteiger partial charge in [-0.25, -0.2) is 9.18 Å². The van der Waals surface area contributed by atoms with Crippen LogP contribution in [0.15, 0.2) is 36.4 Å². The van der Waals surface area contributed by atoms with Crippen LogP contribution < -0.4 is 9.47 Å². The second-order valence-corrected chi connectivity index (χ2v) is 6.31. The topological polar surface area (TPSA) is 65.1 Å². The number of hydrogen-bond acceptors (Lipinski definition) is 5. The molecule has 0 aliphatic carbocycles. The van der Waals surface area contributed by atoms with Crippen LogP contribution in [0.1, 0.15) is 15.9 Å². The predicted molar refractivity (Wildman–Crippen MR) is 95.6 cm³/mol. The molecule has 1 aliphatic heterocycles. The number of nitrogens with zero attached hydrogens (tertiary/aromatic N) is 1. The Labute approximate surface area is 160 Å². The summed E-state index contributed by atoms with van der Waals surface area (Å²) >= 11 is 5.81. The van der Waals surface area contributed by atoms with Crippen molar-refractivity contribution in [3.05, 3.63) is 58.4 Å². The summed E-state index contributed by atoms with van der Waals surface area (Å²) < 4.78 is 29.6. The monoisotopic (exact) mass is 393 g/mol. The van der Waals surface area contributed by atoms with E-state index in [0.29, 0.717) is 24.7 Å². The summed E-state index contributed by atoms with van der Waals surface area (Å²) in [6.45, 7) is 0.736. The third-order valence-corrected chi connectivity index (χ3v) is 4.26. The fourth-order valence-electron chi connectivity index (χ4n) is 2.55. The van der Waals surface area contributed by atoms with Crippen molar-refractivity contribution in [1.82, 2.24) is 4.90 Å². The van der Waals surface area contributed by atoms with Gasteiger partial charge >= 0.3 is 5.97 Å². The number of carbonyl (C=O) groups excluding carboxylic acids is 2. The van der Waals surface area contributed by atoms with Gasteiger partial charge in [0.2, 0.25) is 0 Å². The van der Waals surface area contributed by atoms with E-state index in [1.165, 1.54) is 17.0 Å². The minimum absolute atomic E-state index is 0.0721. The lowest BCUT2D eigenvalue weighted by molar-refractivity contribution is -0.133. The van der Waals surface area contributed by atoms with E-state index in [0.717, 1.165) is 11.6 Å². The molecule has 0 saturated carbocycles. The Morgan fingerprint density at radius 1 is 1.19 bits per heavy atom. The fourth-order valence-corrected chi connectivity index (χ4v) is 2.79. The number of amides is 1. The maximum absolute atomic E-state index is 13.7. The van der Waals surface area contributed by atoms with Crippen LogP contribution in [0.3, 0.4) is 0 Å². The Morgan fingerprint density at radius 3 is 2.67 bits per heavy atom. The molecule has 0 atom stereocenters. The van der Waals surface area contributed by atoms with E-state index in [2.05, 4.69) is 0 Å². The second kappa shape index (κ2) is 8.26. The molecule has 6 nitrogen and oxygen atoms in total. The number of likely N-dealkylation sites (N-methyl/N-ethyl adjacent to an activating group) is 1. The Hall–Kier alpha value is -2.80. The summed E-state index contributed by atoms with van der Waals surface area (Å²) in [4.78, 5) is 25.6. The summed E-state index contributed by atoms with van der Waals surface area (Å²) in [7, 11) is 1.57. The van der Waals surface area contributed by atoms with Crippen LogP contribution in [0.5, 0.6) is 11.5 Å². The molecule has 1 amide bonds. The van der Waals surface area contributed by atoms with Crippen LogP contribution in [0.4, 0.5) is 4.39 Å². The Morgan fingerprint density at radius 2 is 1.93 bits per heavy atom. The van der Waals surface area contributed by atoms with Gasteiger partial charge in [0.15, 0.2) is 18.1 Å². The highest BCUT2D eigenvalue weighted by molar-refractivity contribution is 6.33. The lowest BCUT2D eigenvalue weighted by Gasteiger charge is -2.21. The van der Waals surface area contributed by atoms with Gasteiger partial charge in [0.1, 0.15) is 24.6 Å². The zero-order valence-electron chi connectivity index (χ0n) is 14.5. The van der Waals surface area contributed by atoms with Gasteiger partial charge in [-0.15, -0.1) is 0 Å². The molecule has 0 fully saturated rings. The van der Waals surface area contributed by atoms with Gasteiger partial charge in [-0.2, -0.15) is 0 Å². The highest BCUT2D eigenvalue weighted by Crippen LogP contribution is 2.31. The van der Waals surface area contributed by atoms with E-state index in [4.69, 9.17) is 25.8 Å². The predicted octanol–water partition coefficient (Wildman–Crippen LogP) is 3.07. The molecular weight excluding hydrogens is 377 g/mol. The average Bonchev–Trinajstić information content (AvgIpc) is 2.65. The highest BCUT2D eigenvalue weighted by atomic mass is 35.5. The van der Waals surface area contributed by atoms with E-state index >= 15 is 0 Å². The van der Waals surface area contributed by atoms with E-state index < -0.39 is 24.3 Å². The first-order valence-corrected chi connectivity index (χ1v) is 8.57. The molecule has 0 spiro atoms. The van der Waals surface area contributed by atoms with Crippen LogP contribution in [-0.2, 0) is 16.1 Å². The summed E-state index contributed by atoms with van der Waals surface area (Å²) in [5.41, 5.74) is 0.444. The number of ether oxygens (including phenoxy) is 3. The summed E-state index contributed by atoms with van der Waals surface area (Å²) in [5.74, 6) is -0.940. The maximum Gasteiger partial charge on any atom is 0.343 e. The van der Waals surface area contributed by atoms with Crippen LogP contribution in [0, 0.1) is 5.82 Å². The van der Waals surface area contributed by atoms with Crippen LogP contribution in [-0.4, -0.2) is 43.6 Å². The van der Waals surface area contributed by atoms with Crippen LogP contribution in [0.2, 0.25) is 5.02 Å². The van der Waals surface area contributed by atoms with Crippen molar-refractivity contribution in [2.75, 3.05) is 26.9 Å². The van der Waals surface area contributed by atoms with Crippen molar-refractivity contribution < 1.29 is 28.2 Å². The molecule has 1 heterocycles. The van der Waals surface area contributed by atoms with Crippen molar-refractivity contribution in [1.29, 1.82) is 0 Å². The highest BCUT2D eigenvalue weighted by Gasteiger charge is 2.20. The summed E-state index contributed by atoms with van der Waals surface area (Å²) in [5, 5.41) is -0.0721. The lowest BCUT2D eigenvalue weighted by atomic mass is 10.2. The molecule has 0 unspecified atom stereocenters. The van der Waals surface area contributed by atoms with Gasteiger partial charge in [-0.1, -0.05) is 23.7 Å². The SMILES string of the molecule is CN(Cc1ccc2c(c1)OCCO2)C(=O)COC(=O)c1c(F)cccc1Cl. The van der Waals surface area contributed by atoms with Crippen molar-refractivity contribution >= 4 is 23.5 Å². The van der Waals surface area contributed by atoms with Gasteiger partial charge in [0, 0.05) is 13.6 Å². The van der Waals surface area contributed by atoms with E-state index in [1.807, 2.05) is 6.07 Å². The Balaban J connectivity index is 1.57. The van der Waals surface area contributed by atoms with E-state index in [-0.39, 0.29) is 17.1 Å². The quantitative estimate of drug-likeness (QED) is 0.730. The first-order valence-electron chi connectivity index (χ1n) is 8.19. The molecule has 0 saturated heterocycles. The molecule has 2 aromatic rings. The van der Waals surface area contributed by atoms with Gasteiger partial charge in [-0.3, -0.25) is 4.79 Å². The molecule has 2 aromatic carbocycles. The minimum Gasteiger partial charge on any atom is -0.486 e. The number of fused-ring (bicyclic) bond motifs is 1. The van der Waals surface area contributed by atoms with Crippen LogP contribution >= 0.6 is 11.6 Å². The third-order valence-electron chi connectivity index (χ3n) is 3.95. The number of halogens is 2. The standard InChI is InChI=1S/C19H17ClFNO5/c1-22(10-12-5-6-15-16(9-12)26-8-7-25-15)17(23)11-27-19(24)18-13(20)3-2-4-14(18)21/h2-6,9H,7-8,10-11H2,1H3. The van der Waals surface area contributed by atoms with Gasteiger partial charge in [-0.05, 0) is 29.8 Å². The average molecular weight is 394 g/mol. The molecule has 8 heteroatoms. The smallest absolute Gasteiger partial charge is 0.343 e. The Kier molecular flexibility index (Phi) is 5.81. The fraction of sp³-hybridized carbons (Fsp3) is 0.263. The molecule has 142 valence electrons. The molecule has 0 N–H and O–H groups in total. The van der Waals surface area contributed by atoms with E-state index in [9.17, 15) is 14.0 Å². The minimum atomic E-state index is -0.987.